The van der Waals surface area contributed by atoms with E-state index < -0.39 is 42.4 Å². The molecule has 3 aliphatic rings. The summed E-state index contributed by atoms with van der Waals surface area (Å²) in [4.78, 5) is 14.4. The van der Waals surface area contributed by atoms with Gasteiger partial charge in [-0.1, -0.05) is 35.9 Å². The van der Waals surface area contributed by atoms with Crippen LogP contribution >= 0.6 is 23.4 Å². The number of hydrogen-bond acceptors (Lipinski definition) is 6. The second kappa shape index (κ2) is 9.86. The number of aliphatic hydroxyl groups excluding tert-OH is 1. The van der Waals surface area contributed by atoms with Crippen molar-refractivity contribution in [1.82, 2.24) is 14.9 Å². The fraction of sp³-hybridized carbons (Fsp3) is 0.320. The van der Waals surface area contributed by atoms with Gasteiger partial charge >= 0.3 is 6.18 Å². The van der Waals surface area contributed by atoms with Gasteiger partial charge in [0.2, 0.25) is 0 Å². The largest absolute Gasteiger partial charge is 0.507 e. The minimum absolute atomic E-state index is 0.0988. The topological polar surface area (TPSA) is 56.3 Å². The van der Waals surface area contributed by atoms with E-state index >= 15 is 4.39 Å². The molecule has 0 saturated carbocycles. The smallest absolute Gasteiger partial charge is 0.408 e. The zero-order valence-corrected chi connectivity index (χ0v) is 21.1. The molecule has 5 rings (SSSR count). The van der Waals surface area contributed by atoms with Crippen molar-refractivity contribution in [2.75, 3.05) is 19.9 Å². The van der Waals surface area contributed by atoms with E-state index in [1.807, 2.05) is 6.07 Å². The normalized spacial score (nSPS) is 22.4. The molecule has 0 spiro atoms. The van der Waals surface area contributed by atoms with Crippen LogP contribution in [0.2, 0.25) is 5.02 Å². The van der Waals surface area contributed by atoms with E-state index in [1.54, 1.807) is 24.3 Å². The lowest BCUT2D eigenvalue weighted by Crippen LogP contribution is -2.62. The number of fused-ring (bicyclic) bond motifs is 3. The first-order valence-electron chi connectivity index (χ1n) is 11.4. The summed E-state index contributed by atoms with van der Waals surface area (Å²) in [6.45, 7) is 0.113. The van der Waals surface area contributed by atoms with Gasteiger partial charge in [-0.2, -0.15) is 18.2 Å². The van der Waals surface area contributed by atoms with E-state index in [0.717, 1.165) is 12.5 Å². The number of hydrazine groups is 1. The minimum Gasteiger partial charge on any atom is -0.507 e. The molecule has 0 unspecified atom stereocenters. The van der Waals surface area contributed by atoms with Crippen LogP contribution < -0.4 is 0 Å². The molecular formula is C25H22ClF4N3O3S. The molecule has 2 atom stereocenters. The van der Waals surface area contributed by atoms with Crippen molar-refractivity contribution in [2.24, 2.45) is 0 Å². The van der Waals surface area contributed by atoms with Crippen LogP contribution in [0.3, 0.4) is 0 Å². The Kier molecular flexibility index (Phi) is 6.90. The average molecular weight is 556 g/mol. The lowest BCUT2D eigenvalue weighted by atomic mass is 9.94. The van der Waals surface area contributed by atoms with Crippen LogP contribution in [0.5, 0.6) is 0 Å². The second-order valence-electron chi connectivity index (χ2n) is 8.78. The first-order chi connectivity index (χ1) is 17.6. The lowest BCUT2D eigenvalue weighted by molar-refractivity contribution is -0.204. The van der Waals surface area contributed by atoms with Crippen molar-refractivity contribution in [3.05, 3.63) is 87.7 Å². The molecule has 0 aromatic heterocycles. The number of aliphatic hydroxyl groups is 1. The number of nitrogens with zero attached hydrogens (tertiary/aromatic N) is 3. The molecule has 1 fully saturated rings. The zero-order chi connectivity index (χ0) is 26.5. The summed E-state index contributed by atoms with van der Waals surface area (Å²) < 4.78 is 62.0. The Bertz CT molecular complexity index is 1300. The number of halogens is 5. The number of thioether (sulfide) groups is 1. The van der Waals surface area contributed by atoms with Crippen LogP contribution in [0.15, 0.2) is 65.0 Å². The number of carbonyl (C=O) groups is 1. The van der Waals surface area contributed by atoms with E-state index in [2.05, 4.69) is 0 Å². The number of ether oxygens (including phenoxy) is 1. The molecule has 0 bridgehead atoms. The summed E-state index contributed by atoms with van der Waals surface area (Å²) in [6.07, 6.45) is -1.68. The highest BCUT2D eigenvalue weighted by molar-refractivity contribution is 7.98. The van der Waals surface area contributed by atoms with Crippen molar-refractivity contribution >= 4 is 29.3 Å². The molecule has 196 valence electrons. The van der Waals surface area contributed by atoms with E-state index in [4.69, 9.17) is 16.3 Å². The number of amides is 1. The summed E-state index contributed by atoms with van der Waals surface area (Å²) >= 11 is 7.95. The van der Waals surface area contributed by atoms with Gasteiger partial charge < -0.3 is 14.7 Å². The van der Waals surface area contributed by atoms with Gasteiger partial charge in [0.15, 0.2) is 5.70 Å². The zero-order valence-electron chi connectivity index (χ0n) is 19.5. The summed E-state index contributed by atoms with van der Waals surface area (Å²) in [5, 5.41) is 14.0. The van der Waals surface area contributed by atoms with Gasteiger partial charge in [-0.25, -0.2) is 4.39 Å². The Morgan fingerprint density at radius 2 is 1.97 bits per heavy atom. The molecule has 3 heterocycles. The highest BCUT2D eigenvalue weighted by Gasteiger charge is 2.50. The maximum atomic E-state index is 15.1. The molecule has 1 amide bonds. The Balaban J connectivity index is 1.77. The fourth-order valence-electron chi connectivity index (χ4n) is 4.70. The van der Waals surface area contributed by atoms with Crippen LogP contribution in [0.1, 0.15) is 29.7 Å². The van der Waals surface area contributed by atoms with E-state index in [1.165, 1.54) is 40.1 Å². The summed E-state index contributed by atoms with van der Waals surface area (Å²) in [5.74, 6) is -1.61. The number of benzene rings is 2. The molecule has 0 radical (unpaired) electrons. The van der Waals surface area contributed by atoms with E-state index in [0.29, 0.717) is 31.7 Å². The van der Waals surface area contributed by atoms with Crippen LogP contribution in [0.4, 0.5) is 17.6 Å². The van der Waals surface area contributed by atoms with Gasteiger partial charge in [0.05, 0.1) is 19.3 Å². The number of hydrogen-bond donors (Lipinski definition) is 1. The number of alkyl halides is 3. The lowest BCUT2D eigenvalue weighted by Gasteiger charge is -2.49. The van der Waals surface area contributed by atoms with Gasteiger partial charge in [-0.15, -0.1) is 11.8 Å². The standard InChI is InChI=1S/C25H22ClF4N3O3S/c1-14(25(28,29)30)31-13-33(32-9-4-10-36-11-19(34)22(32)24(31)35)21-16-6-3-8-18(27)23(16)37-12-15-5-2-7-17(26)20(15)21/h2-9,14,21,34H,10-13H2,1H3/b9-4-,22-19?/t14-,21+/m1/s1. The molecule has 2 aromatic carbocycles. The van der Waals surface area contributed by atoms with Gasteiger partial charge in [-0.3, -0.25) is 9.80 Å². The molecule has 2 aromatic rings. The van der Waals surface area contributed by atoms with Crippen molar-refractivity contribution < 1.29 is 32.2 Å². The molecule has 0 aliphatic carbocycles. The first kappa shape index (κ1) is 25.9. The van der Waals surface area contributed by atoms with Crippen molar-refractivity contribution in [2.45, 2.75) is 35.8 Å². The van der Waals surface area contributed by atoms with Crippen LogP contribution in [-0.4, -0.2) is 58.0 Å². The average Bonchev–Trinajstić information content (AvgIpc) is 3.00. The fourth-order valence-corrected chi connectivity index (χ4v) is 6.11. The maximum absolute atomic E-state index is 15.1. The van der Waals surface area contributed by atoms with Gasteiger partial charge in [0.25, 0.3) is 5.91 Å². The molecule has 37 heavy (non-hydrogen) atoms. The Morgan fingerprint density at radius 1 is 1.22 bits per heavy atom. The molecule has 12 heteroatoms. The highest BCUT2D eigenvalue weighted by atomic mass is 35.5. The van der Waals surface area contributed by atoms with E-state index in [9.17, 15) is 23.1 Å². The Hall–Kier alpha value is -2.73. The summed E-state index contributed by atoms with van der Waals surface area (Å²) in [7, 11) is 0. The van der Waals surface area contributed by atoms with Crippen molar-refractivity contribution in [3.8, 4) is 0 Å². The van der Waals surface area contributed by atoms with Gasteiger partial charge in [0, 0.05) is 21.9 Å². The number of rotatable bonds is 2. The van der Waals surface area contributed by atoms with E-state index in [-0.39, 0.29) is 18.9 Å². The Labute approximate surface area is 219 Å². The Morgan fingerprint density at radius 3 is 2.73 bits per heavy atom. The molecule has 6 nitrogen and oxygen atoms in total. The predicted molar refractivity (Wildman–Crippen MR) is 130 cm³/mol. The monoisotopic (exact) mass is 555 g/mol. The SMILES string of the molecule is C[C@@H](N1CN([C@H]2c3cccc(F)c3SCc3cccc(Cl)c32)N2/C=C\COCC(O)=C2C1=O)C(F)(F)F. The van der Waals surface area contributed by atoms with Gasteiger partial charge in [0.1, 0.15) is 24.2 Å². The van der Waals surface area contributed by atoms with Gasteiger partial charge in [-0.05, 0) is 41.8 Å². The third-order valence-electron chi connectivity index (χ3n) is 6.56. The summed E-state index contributed by atoms with van der Waals surface area (Å²) in [5.41, 5.74) is 1.47. The second-order valence-corrected chi connectivity index (χ2v) is 10.2. The third-order valence-corrected chi connectivity index (χ3v) is 8.06. The predicted octanol–water partition coefficient (Wildman–Crippen LogP) is 5.76. The molecule has 1 saturated heterocycles. The quantitative estimate of drug-likeness (QED) is 0.476. The minimum atomic E-state index is -4.73. The van der Waals surface area contributed by atoms with Crippen LogP contribution in [0, 0.1) is 5.82 Å². The molecular weight excluding hydrogens is 534 g/mol. The molecule has 3 aliphatic heterocycles. The summed E-state index contributed by atoms with van der Waals surface area (Å²) in [6, 6.07) is 6.76. The van der Waals surface area contributed by atoms with Crippen molar-refractivity contribution in [3.63, 3.8) is 0 Å². The van der Waals surface area contributed by atoms with Crippen LogP contribution in [-0.2, 0) is 15.3 Å². The molecule has 1 N–H and O–H groups in total. The highest BCUT2D eigenvalue weighted by Crippen LogP contribution is 2.48. The first-order valence-corrected chi connectivity index (χ1v) is 12.7. The third kappa shape index (κ3) is 4.58. The maximum Gasteiger partial charge on any atom is 0.408 e. The van der Waals surface area contributed by atoms with Crippen LogP contribution in [0.25, 0.3) is 0 Å². The van der Waals surface area contributed by atoms with Crippen molar-refractivity contribution in [1.29, 1.82) is 0 Å². The number of carbonyl (C=O) groups excluding carboxylic acids is 1.